The van der Waals surface area contributed by atoms with Gasteiger partial charge >= 0.3 is 0 Å². The summed E-state index contributed by atoms with van der Waals surface area (Å²) in [6.45, 7) is 2.82. The zero-order chi connectivity index (χ0) is 20.1. The maximum absolute atomic E-state index is 12.5. The van der Waals surface area contributed by atoms with E-state index >= 15 is 0 Å². The molecular weight excluding hydrogens is 404 g/mol. The average molecular weight is 425 g/mol. The van der Waals surface area contributed by atoms with Gasteiger partial charge in [-0.15, -0.1) is 23.1 Å². The van der Waals surface area contributed by atoms with E-state index in [0.29, 0.717) is 30.2 Å². The summed E-state index contributed by atoms with van der Waals surface area (Å²) >= 11 is 3.17. The van der Waals surface area contributed by atoms with E-state index in [9.17, 15) is 10.1 Å². The van der Waals surface area contributed by atoms with Gasteiger partial charge < -0.3 is 14.3 Å². The zero-order valence-electron chi connectivity index (χ0n) is 15.8. The van der Waals surface area contributed by atoms with Crippen molar-refractivity contribution in [1.29, 1.82) is 5.26 Å². The lowest BCUT2D eigenvalue weighted by Gasteiger charge is -2.36. The van der Waals surface area contributed by atoms with Crippen molar-refractivity contribution in [3.8, 4) is 16.7 Å². The Morgan fingerprint density at radius 2 is 2.03 bits per heavy atom. The van der Waals surface area contributed by atoms with Gasteiger partial charge in [0.25, 0.3) is 0 Å². The van der Waals surface area contributed by atoms with Crippen molar-refractivity contribution in [2.45, 2.75) is 5.75 Å². The van der Waals surface area contributed by atoms with Crippen molar-refractivity contribution in [3.63, 3.8) is 0 Å². The SMILES string of the molecule is N#Cc1ccccc1N1CCN(C(=O)CSCc2cc(-c3cccs3)on2)CC1. The van der Waals surface area contributed by atoms with Gasteiger partial charge in [-0.25, -0.2) is 0 Å². The van der Waals surface area contributed by atoms with Gasteiger partial charge in [-0.1, -0.05) is 23.4 Å². The standard InChI is InChI=1S/C21H20N4O2S2/c22-13-16-4-1-2-5-18(16)24-7-9-25(10-8-24)21(26)15-28-14-17-12-19(27-23-17)20-6-3-11-29-20/h1-6,11-12H,7-10,14-15H2. The van der Waals surface area contributed by atoms with E-state index in [-0.39, 0.29) is 5.91 Å². The fourth-order valence-corrected chi connectivity index (χ4v) is 4.77. The van der Waals surface area contributed by atoms with Gasteiger partial charge in [0.2, 0.25) is 5.91 Å². The molecule has 0 atom stereocenters. The number of thioether (sulfide) groups is 1. The highest BCUT2D eigenvalue weighted by Gasteiger charge is 2.22. The van der Waals surface area contributed by atoms with Crippen molar-refractivity contribution in [3.05, 3.63) is 59.1 Å². The molecule has 1 aliphatic heterocycles. The smallest absolute Gasteiger partial charge is 0.232 e. The van der Waals surface area contributed by atoms with Crippen LogP contribution in [0.5, 0.6) is 0 Å². The average Bonchev–Trinajstić information content (AvgIpc) is 3.46. The Bertz CT molecular complexity index is 1000. The summed E-state index contributed by atoms with van der Waals surface area (Å²) in [4.78, 5) is 17.7. The van der Waals surface area contributed by atoms with Crippen LogP contribution < -0.4 is 4.90 Å². The molecule has 0 bridgehead atoms. The molecule has 8 heteroatoms. The van der Waals surface area contributed by atoms with Gasteiger partial charge in [0.15, 0.2) is 5.76 Å². The highest BCUT2D eigenvalue weighted by atomic mass is 32.2. The van der Waals surface area contributed by atoms with Crippen LogP contribution in [0.15, 0.2) is 52.4 Å². The quantitative estimate of drug-likeness (QED) is 0.598. The van der Waals surface area contributed by atoms with Gasteiger partial charge in [0.05, 0.1) is 27.6 Å². The number of amides is 1. The van der Waals surface area contributed by atoms with E-state index in [1.807, 2.05) is 52.7 Å². The molecule has 4 rings (SSSR count). The number of aromatic nitrogens is 1. The molecule has 29 heavy (non-hydrogen) atoms. The molecule has 0 aliphatic carbocycles. The Hall–Kier alpha value is -2.76. The number of rotatable bonds is 6. The highest BCUT2D eigenvalue weighted by Crippen LogP contribution is 2.26. The fraction of sp³-hybridized carbons (Fsp3) is 0.286. The van der Waals surface area contributed by atoms with Gasteiger partial charge in [-0.3, -0.25) is 4.79 Å². The van der Waals surface area contributed by atoms with Crippen molar-refractivity contribution in [2.24, 2.45) is 0 Å². The van der Waals surface area contributed by atoms with Crippen LogP contribution in [-0.4, -0.2) is 47.9 Å². The molecule has 0 radical (unpaired) electrons. The topological polar surface area (TPSA) is 73.4 Å². The van der Waals surface area contributed by atoms with Crippen LogP contribution in [0.1, 0.15) is 11.3 Å². The largest absolute Gasteiger partial charge is 0.367 e. The van der Waals surface area contributed by atoms with Crippen molar-refractivity contribution >= 4 is 34.7 Å². The third-order valence-electron chi connectivity index (χ3n) is 4.80. The van der Waals surface area contributed by atoms with E-state index in [2.05, 4.69) is 16.1 Å². The van der Waals surface area contributed by atoms with Crippen molar-refractivity contribution < 1.29 is 9.32 Å². The van der Waals surface area contributed by atoms with Gasteiger partial charge in [-0.2, -0.15) is 5.26 Å². The highest BCUT2D eigenvalue weighted by molar-refractivity contribution is 7.99. The third kappa shape index (κ3) is 4.63. The first-order valence-corrected chi connectivity index (χ1v) is 11.4. The van der Waals surface area contributed by atoms with E-state index in [1.165, 1.54) is 0 Å². The van der Waals surface area contributed by atoms with Gasteiger partial charge in [-0.05, 0) is 23.6 Å². The van der Waals surface area contributed by atoms with E-state index in [4.69, 9.17) is 4.52 Å². The van der Waals surface area contributed by atoms with Crippen molar-refractivity contribution in [1.82, 2.24) is 10.1 Å². The Labute approximate surface area is 177 Å². The second kappa shape index (κ2) is 9.16. The fourth-order valence-electron chi connectivity index (χ4n) is 3.29. The van der Waals surface area contributed by atoms with Crippen LogP contribution in [0, 0.1) is 11.3 Å². The third-order valence-corrected chi connectivity index (χ3v) is 6.63. The van der Waals surface area contributed by atoms with Crippen LogP contribution in [-0.2, 0) is 10.5 Å². The molecule has 0 unspecified atom stereocenters. The summed E-state index contributed by atoms with van der Waals surface area (Å²) in [5.74, 6) is 1.99. The van der Waals surface area contributed by atoms with Crippen molar-refractivity contribution in [2.75, 3.05) is 36.8 Å². The number of piperazine rings is 1. The Kier molecular flexibility index (Phi) is 6.17. The summed E-state index contributed by atoms with van der Waals surface area (Å²) in [6, 6.07) is 15.8. The molecule has 148 valence electrons. The minimum atomic E-state index is 0.144. The number of nitrogens with zero attached hydrogens (tertiary/aromatic N) is 4. The molecular formula is C21H20N4O2S2. The summed E-state index contributed by atoms with van der Waals surface area (Å²) < 4.78 is 5.38. The molecule has 0 saturated carbocycles. The Morgan fingerprint density at radius 1 is 1.21 bits per heavy atom. The van der Waals surface area contributed by atoms with E-state index in [1.54, 1.807) is 23.1 Å². The van der Waals surface area contributed by atoms with E-state index in [0.717, 1.165) is 35.1 Å². The number of carbonyl (C=O) groups is 1. The lowest BCUT2D eigenvalue weighted by Crippen LogP contribution is -2.49. The van der Waals surface area contributed by atoms with Gasteiger partial charge in [0, 0.05) is 38.0 Å². The minimum absolute atomic E-state index is 0.144. The molecule has 1 aliphatic rings. The normalized spacial score (nSPS) is 14.0. The monoisotopic (exact) mass is 424 g/mol. The van der Waals surface area contributed by atoms with Crippen LogP contribution in [0.4, 0.5) is 5.69 Å². The first kappa shape index (κ1) is 19.6. The molecule has 1 saturated heterocycles. The molecule has 2 aromatic heterocycles. The molecule has 1 aromatic carbocycles. The molecule has 1 amide bonds. The molecule has 3 aromatic rings. The van der Waals surface area contributed by atoms with Crippen LogP contribution >= 0.6 is 23.1 Å². The second-order valence-electron chi connectivity index (χ2n) is 6.65. The summed E-state index contributed by atoms with van der Waals surface area (Å²) in [5.41, 5.74) is 2.48. The molecule has 6 nitrogen and oxygen atoms in total. The summed E-state index contributed by atoms with van der Waals surface area (Å²) in [6.07, 6.45) is 0. The summed E-state index contributed by atoms with van der Waals surface area (Å²) in [7, 11) is 0. The zero-order valence-corrected chi connectivity index (χ0v) is 17.4. The van der Waals surface area contributed by atoms with Crippen LogP contribution in [0.3, 0.4) is 0 Å². The maximum atomic E-state index is 12.5. The number of anilines is 1. The lowest BCUT2D eigenvalue weighted by atomic mass is 10.1. The predicted molar refractivity (Wildman–Crippen MR) is 116 cm³/mol. The number of thiophene rings is 1. The Balaban J connectivity index is 1.24. The number of hydrogen-bond acceptors (Lipinski definition) is 7. The lowest BCUT2D eigenvalue weighted by molar-refractivity contribution is -0.128. The number of para-hydroxylation sites is 1. The van der Waals surface area contributed by atoms with Crippen LogP contribution in [0.25, 0.3) is 10.6 Å². The first-order chi connectivity index (χ1) is 14.2. The predicted octanol–water partition coefficient (Wildman–Crippen LogP) is 3.86. The Morgan fingerprint density at radius 3 is 2.79 bits per heavy atom. The first-order valence-electron chi connectivity index (χ1n) is 9.33. The second-order valence-corrected chi connectivity index (χ2v) is 8.58. The molecule has 3 heterocycles. The van der Waals surface area contributed by atoms with E-state index < -0.39 is 0 Å². The molecule has 0 N–H and O–H groups in total. The van der Waals surface area contributed by atoms with Crippen LogP contribution in [0.2, 0.25) is 0 Å². The number of carbonyl (C=O) groups excluding carboxylic acids is 1. The van der Waals surface area contributed by atoms with Gasteiger partial charge in [0.1, 0.15) is 6.07 Å². The molecule has 0 spiro atoms. The number of hydrogen-bond donors (Lipinski definition) is 0. The number of nitriles is 1. The minimum Gasteiger partial charge on any atom is -0.367 e. The molecule has 1 fully saturated rings. The summed E-state index contributed by atoms with van der Waals surface area (Å²) in [5, 5.41) is 15.4. The maximum Gasteiger partial charge on any atom is 0.232 e. The number of benzene rings is 1.